The van der Waals surface area contributed by atoms with E-state index in [1.807, 2.05) is 45.0 Å². The minimum Gasteiger partial charge on any atom is -0.491 e. The summed E-state index contributed by atoms with van der Waals surface area (Å²) in [6.45, 7) is 5.81. The molecule has 3 amide bonds. The van der Waals surface area contributed by atoms with Crippen LogP contribution in [0, 0.1) is 0 Å². The Morgan fingerprint density at radius 1 is 1.26 bits per heavy atom. The van der Waals surface area contributed by atoms with E-state index in [1.54, 1.807) is 0 Å². The molecule has 1 aliphatic carbocycles. The van der Waals surface area contributed by atoms with Crippen molar-refractivity contribution in [2.75, 3.05) is 6.54 Å². The molecule has 1 aromatic carbocycles. The van der Waals surface area contributed by atoms with Crippen LogP contribution in [0.25, 0.3) is 0 Å². The molecule has 1 saturated carbocycles. The summed E-state index contributed by atoms with van der Waals surface area (Å²) >= 11 is 0. The molecular formula is C17H25N3O3. The lowest BCUT2D eigenvalue weighted by atomic mass is 10.1. The molecule has 1 aromatic rings. The number of carbonyl (C=O) groups is 2. The molecule has 2 rings (SSSR count). The first kappa shape index (κ1) is 17.1. The molecule has 1 atom stereocenters. The van der Waals surface area contributed by atoms with Crippen LogP contribution in [0.3, 0.4) is 0 Å². The maximum atomic E-state index is 11.9. The number of hydrogen-bond donors (Lipinski definition) is 3. The quantitative estimate of drug-likeness (QED) is 0.720. The molecule has 126 valence electrons. The fourth-order valence-corrected chi connectivity index (χ4v) is 2.13. The van der Waals surface area contributed by atoms with Crippen molar-refractivity contribution in [1.82, 2.24) is 16.0 Å². The number of nitrogens with one attached hydrogen (secondary N) is 3. The molecule has 6 heteroatoms. The Labute approximate surface area is 137 Å². The van der Waals surface area contributed by atoms with Gasteiger partial charge in [0.15, 0.2) is 0 Å². The second-order valence-electron chi connectivity index (χ2n) is 6.13. The van der Waals surface area contributed by atoms with Crippen LogP contribution >= 0.6 is 0 Å². The summed E-state index contributed by atoms with van der Waals surface area (Å²) in [5.74, 6) is 0.623. The molecule has 6 nitrogen and oxygen atoms in total. The molecule has 0 radical (unpaired) electrons. The molecule has 0 aromatic heterocycles. The standard InChI is InChI=1S/C17H25N3O3/c1-11(2)23-15-6-4-5-13(9-15)12(3)19-17(22)18-10-16(21)20-14-7-8-14/h4-6,9,11-12,14H,7-8,10H2,1-3H3,(H,20,21)(H2,18,19,22). The van der Waals surface area contributed by atoms with Gasteiger partial charge in [-0.2, -0.15) is 0 Å². The summed E-state index contributed by atoms with van der Waals surface area (Å²) in [6, 6.07) is 7.37. The van der Waals surface area contributed by atoms with Crippen LogP contribution in [0.4, 0.5) is 4.79 Å². The Morgan fingerprint density at radius 3 is 2.65 bits per heavy atom. The topological polar surface area (TPSA) is 79.5 Å². The molecule has 23 heavy (non-hydrogen) atoms. The Kier molecular flexibility index (Phi) is 5.84. The lowest BCUT2D eigenvalue weighted by Crippen LogP contribution is -2.43. The Balaban J connectivity index is 1.79. The van der Waals surface area contributed by atoms with Gasteiger partial charge in [0, 0.05) is 6.04 Å². The highest BCUT2D eigenvalue weighted by Gasteiger charge is 2.23. The predicted molar refractivity (Wildman–Crippen MR) is 88.3 cm³/mol. The van der Waals surface area contributed by atoms with E-state index >= 15 is 0 Å². The maximum Gasteiger partial charge on any atom is 0.315 e. The fourth-order valence-electron chi connectivity index (χ4n) is 2.13. The van der Waals surface area contributed by atoms with Gasteiger partial charge < -0.3 is 20.7 Å². The summed E-state index contributed by atoms with van der Waals surface area (Å²) in [6.07, 6.45) is 2.16. The number of ether oxygens (including phenoxy) is 1. The zero-order valence-corrected chi connectivity index (χ0v) is 13.9. The number of rotatable bonds is 7. The molecule has 0 saturated heterocycles. The van der Waals surface area contributed by atoms with Crippen molar-refractivity contribution >= 4 is 11.9 Å². The largest absolute Gasteiger partial charge is 0.491 e. The second kappa shape index (κ2) is 7.85. The average molecular weight is 319 g/mol. The van der Waals surface area contributed by atoms with Crippen molar-refractivity contribution in [3.8, 4) is 5.75 Å². The van der Waals surface area contributed by atoms with Crippen LogP contribution in [-0.2, 0) is 4.79 Å². The molecule has 0 spiro atoms. The van der Waals surface area contributed by atoms with E-state index in [9.17, 15) is 9.59 Å². The third-order valence-corrected chi connectivity index (χ3v) is 3.43. The van der Waals surface area contributed by atoms with Crippen molar-refractivity contribution in [3.63, 3.8) is 0 Å². The van der Waals surface area contributed by atoms with Gasteiger partial charge >= 0.3 is 6.03 Å². The summed E-state index contributed by atoms with van der Waals surface area (Å²) in [5.41, 5.74) is 0.945. The molecule has 0 heterocycles. The van der Waals surface area contributed by atoms with E-state index in [0.717, 1.165) is 24.2 Å². The Hall–Kier alpha value is -2.24. The van der Waals surface area contributed by atoms with Crippen molar-refractivity contribution in [3.05, 3.63) is 29.8 Å². The monoisotopic (exact) mass is 319 g/mol. The molecule has 1 unspecified atom stereocenters. The van der Waals surface area contributed by atoms with Gasteiger partial charge in [-0.15, -0.1) is 0 Å². The molecule has 1 fully saturated rings. The molecular weight excluding hydrogens is 294 g/mol. The zero-order valence-electron chi connectivity index (χ0n) is 13.9. The van der Waals surface area contributed by atoms with Crippen LogP contribution in [0.5, 0.6) is 5.75 Å². The highest BCUT2D eigenvalue weighted by Crippen LogP contribution is 2.20. The van der Waals surface area contributed by atoms with Crippen LogP contribution < -0.4 is 20.7 Å². The van der Waals surface area contributed by atoms with E-state index in [0.29, 0.717) is 6.04 Å². The van der Waals surface area contributed by atoms with Crippen molar-refractivity contribution in [1.29, 1.82) is 0 Å². The van der Waals surface area contributed by atoms with Gasteiger partial charge in [0.25, 0.3) is 0 Å². The molecule has 3 N–H and O–H groups in total. The van der Waals surface area contributed by atoms with Crippen LogP contribution in [-0.4, -0.2) is 30.6 Å². The summed E-state index contributed by atoms with van der Waals surface area (Å²) in [4.78, 5) is 23.4. The number of urea groups is 1. The van der Waals surface area contributed by atoms with E-state index in [4.69, 9.17) is 4.74 Å². The van der Waals surface area contributed by atoms with Gasteiger partial charge in [-0.25, -0.2) is 4.79 Å². The first-order chi connectivity index (χ1) is 10.9. The number of hydrogen-bond acceptors (Lipinski definition) is 3. The highest BCUT2D eigenvalue weighted by molar-refractivity contribution is 5.84. The van der Waals surface area contributed by atoms with E-state index in [2.05, 4.69) is 16.0 Å². The lowest BCUT2D eigenvalue weighted by Gasteiger charge is -2.17. The maximum absolute atomic E-state index is 11.9. The van der Waals surface area contributed by atoms with Gasteiger partial charge in [0.05, 0.1) is 18.7 Å². The van der Waals surface area contributed by atoms with Crippen molar-refractivity contribution < 1.29 is 14.3 Å². The minimum absolute atomic E-state index is 0.00838. The van der Waals surface area contributed by atoms with E-state index < -0.39 is 0 Å². The van der Waals surface area contributed by atoms with Gasteiger partial charge in [-0.05, 0) is 51.3 Å². The van der Waals surface area contributed by atoms with E-state index in [1.165, 1.54) is 0 Å². The van der Waals surface area contributed by atoms with Gasteiger partial charge in [0.2, 0.25) is 5.91 Å². The SMILES string of the molecule is CC(C)Oc1cccc(C(C)NC(=O)NCC(=O)NC2CC2)c1. The first-order valence-electron chi connectivity index (χ1n) is 8.04. The van der Waals surface area contributed by atoms with Gasteiger partial charge in [0.1, 0.15) is 5.75 Å². The van der Waals surface area contributed by atoms with Crippen LogP contribution in [0.15, 0.2) is 24.3 Å². The normalized spacial score (nSPS) is 15.0. The smallest absolute Gasteiger partial charge is 0.315 e. The average Bonchev–Trinajstić information content (AvgIpc) is 3.28. The van der Waals surface area contributed by atoms with Crippen molar-refractivity contribution in [2.45, 2.75) is 51.8 Å². The number of benzene rings is 1. The van der Waals surface area contributed by atoms with Crippen LogP contribution in [0.2, 0.25) is 0 Å². The van der Waals surface area contributed by atoms with Gasteiger partial charge in [-0.3, -0.25) is 4.79 Å². The Morgan fingerprint density at radius 2 is 2.00 bits per heavy atom. The minimum atomic E-state index is -0.362. The lowest BCUT2D eigenvalue weighted by molar-refractivity contribution is -0.120. The zero-order chi connectivity index (χ0) is 16.8. The highest BCUT2D eigenvalue weighted by atomic mass is 16.5. The third kappa shape index (κ3) is 6.18. The summed E-state index contributed by atoms with van der Waals surface area (Å²) in [7, 11) is 0. The van der Waals surface area contributed by atoms with Crippen LogP contribution in [0.1, 0.15) is 45.2 Å². The third-order valence-electron chi connectivity index (χ3n) is 3.43. The van der Waals surface area contributed by atoms with Crippen molar-refractivity contribution in [2.24, 2.45) is 0 Å². The molecule has 0 bridgehead atoms. The first-order valence-corrected chi connectivity index (χ1v) is 8.04. The number of carbonyl (C=O) groups excluding carboxylic acids is 2. The Bertz CT molecular complexity index is 556. The van der Waals surface area contributed by atoms with E-state index in [-0.39, 0.29) is 30.6 Å². The summed E-state index contributed by atoms with van der Waals surface area (Å²) < 4.78 is 5.65. The predicted octanol–water partition coefficient (Wildman–Crippen LogP) is 2.11. The fraction of sp³-hybridized carbons (Fsp3) is 0.529. The molecule has 0 aliphatic heterocycles. The summed E-state index contributed by atoms with van der Waals surface area (Å²) in [5, 5.41) is 8.21. The number of amides is 3. The van der Waals surface area contributed by atoms with Gasteiger partial charge in [-0.1, -0.05) is 12.1 Å². The molecule has 1 aliphatic rings. The second-order valence-corrected chi connectivity index (χ2v) is 6.13.